The summed E-state index contributed by atoms with van der Waals surface area (Å²) in [5.41, 5.74) is 2.88. The number of carbonyl (C=O) groups excluding carboxylic acids is 1. The van der Waals surface area contributed by atoms with Gasteiger partial charge in [0, 0.05) is 6.07 Å². The summed E-state index contributed by atoms with van der Waals surface area (Å²) in [6.45, 7) is 5.63. The van der Waals surface area contributed by atoms with Gasteiger partial charge < -0.3 is 14.8 Å². The molecule has 1 N–H and O–H groups in total. The highest BCUT2D eigenvalue weighted by atomic mass is 32.2. The lowest BCUT2D eigenvalue weighted by Gasteiger charge is -2.30. The van der Waals surface area contributed by atoms with Crippen molar-refractivity contribution >= 4 is 27.3 Å². The maximum Gasteiger partial charge on any atom is 0.248 e. The maximum atomic E-state index is 13.1. The number of sulfonamides is 1. The summed E-state index contributed by atoms with van der Waals surface area (Å²) in [5, 5.41) is 2.79. The van der Waals surface area contributed by atoms with Crippen LogP contribution < -0.4 is 19.1 Å². The summed E-state index contributed by atoms with van der Waals surface area (Å²) < 4.78 is 36.8. The molecule has 0 spiro atoms. The zero-order valence-corrected chi connectivity index (χ0v) is 18.5. The van der Waals surface area contributed by atoms with E-state index in [1.165, 1.54) is 18.5 Å². The minimum absolute atomic E-state index is 0.296. The number of hydrogen-bond donors (Lipinski definition) is 1. The molecule has 2 aromatic rings. The van der Waals surface area contributed by atoms with Gasteiger partial charge in [-0.1, -0.05) is 13.0 Å². The largest absolute Gasteiger partial charge is 0.497 e. The second-order valence-electron chi connectivity index (χ2n) is 6.81. The lowest BCUT2D eigenvalue weighted by molar-refractivity contribution is -0.117. The number of ether oxygens (including phenoxy) is 2. The second-order valence-corrected chi connectivity index (χ2v) is 8.67. The Bertz CT molecular complexity index is 989. The summed E-state index contributed by atoms with van der Waals surface area (Å²) in [6.07, 6.45) is 1.40. The third-order valence-corrected chi connectivity index (χ3v) is 5.92. The number of nitrogens with zero attached hydrogens (tertiary/aromatic N) is 1. The zero-order valence-electron chi connectivity index (χ0n) is 17.6. The molecule has 0 aromatic heterocycles. The highest BCUT2D eigenvalue weighted by Gasteiger charge is 2.32. The Kier molecular flexibility index (Phi) is 7.13. The van der Waals surface area contributed by atoms with Gasteiger partial charge in [0.1, 0.15) is 17.5 Å². The van der Waals surface area contributed by atoms with Crippen molar-refractivity contribution in [1.82, 2.24) is 0 Å². The average molecular weight is 421 g/mol. The summed E-state index contributed by atoms with van der Waals surface area (Å²) in [7, 11) is -0.680. The van der Waals surface area contributed by atoms with Crippen LogP contribution in [0.25, 0.3) is 0 Å². The van der Waals surface area contributed by atoms with E-state index in [2.05, 4.69) is 5.32 Å². The molecule has 29 heavy (non-hydrogen) atoms. The molecular formula is C21H28N2O5S. The van der Waals surface area contributed by atoms with Gasteiger partial charge in [0.05, 0.1) is 31.9 Å². The Morgan fingerprint density at radius 3 is 2.28 bits per heavy atom. The molecular weight excluding hydrogens is 392 g/mol. The molecule has 1 atom stereocenters. The van der Waals surface area contributed by atoms with Crippen molar-refractivity contribution in [3.8, 4) is 11.5 Å². The Morgan fingerprint density at radius 2 is 1.76 bits per heavy atom. The molecule has 0 aliphatic heterocycles. The summed E-state index contributed by atoms with van der Waals surface area (Å²) in [5.74, 6) is 0.559. The molecule has 2 rings (SSSR count). The Labute approximate surface area is 172 Å². The number of nitrogens with one attached hydrogen (secondary N) is 1. The van der Waals surface area contributed by atoms with E-state index in [0.29, 0.717) is 29.3 Å². The van der Waals surface area contributed by atoms with Crippen molar-refractivity contribution in [2.45, 2.75) is 33.2 Å². The number of methoxy groups -OCH3 is 2. The van der Waals surface area contributed by atoms with Crippen LogP contribution in [-0.2, 0) is 14.8 Å². The van der Waals surface area contributed by atoms with Crippen LogP contribution in [0.4, 0.5) is 11.4 Å². The fourth-order valence-electron chi connectivity index (χ4n) is 3.04. The van der Waals surface area contributed by atoms with Crippen molar-refractivity contribution in [1.29, 1.82) is 0 Å². The lowest BCUT2D eigenvalue weighted by Crippen LogP contribution is -2.47. The summed E-state index contributed by atoms with van der Waals surface area (Å²) in [4.78, 5) is 13.1. The number of benzene rings is 2. The fourth-order valence-corrected chi connectivity index (χ4v) is 4.24. The number of aryl methyl sites for hydroxylation is 2. The smallest absolute Gasteiger partial charge is 0.248 e. The van der Waals surface area contributed by atoms with Crippen molar-refractivity contribution < 1.29 is 22.7 Å². The number of anilines is 2. The van der Waals surface area contributed by atoms with Crippen LogP contribution in [0, 0.1) is 13.8 Å². The highest BCUT2D eigenvalue weighted by Crippen LogP contribution is 2.30. The molecule has 1 amide bonds. The van der Waals surface area contributed by atoms with Gasteiger partial charge in [0.25, 0.3) is 0 Å². The van der Waals surface area contributed by atoms with Gasteiger partial charge in [-0.05, 0) is 55.7 Å². The molecule has 0 unspecified atom stereocenters. The molecule has 158 valence electrons. The van der Waals surface area contributed by atoms with Gasteiger partial charge in [0.2, 0.25) is 15.9 Å². The van der Waals surface area contributed by atoms with E-state index in [0.717, 1.165) is 17.4 Å². The minimum atomic E-state index is -3.70. The van der Waals surface area contributed by atoms with Crippen molar-refractivity contribution in [3.63, 3.8) is 0 Å². The molecule has 0 aliphatic carbocycles. The van der Waals surface area contributed by atoms with Gasteiger partial charge in [-0.3, -0.25) is 9.10 Å². The van der Waals surface area contributed by atoms with Crippen LogP contribution >= 0.6 is 0 Å². The van der Waals surface area contributed by atoms with E-state index in [4.69, 9.17) is 9.47 Å². The van der Waals surface area contributed by atoms with E-state index in [1.807, 2.05) is 19.9 Å². The first kappa shape index (κ1) is 22.5. The predicted octanol–water partition coefficient (Wildman–Crippen LogP) is 3.50. The van der Waals surface area contributed by atoms with E-state index in [-0.39, 0.29) is 0 Å². The monoisotopic (exact) mass is 420 g/mol. The van der Waals surface area contributed by atoms with Crippen LogP contribution in [0.3, 0.4) is 0 Å². The second kappa shape index (κ2) is 9.17. The summed E-state index contributed by atoms with van der Waals surface area (Å²) in [6, 6.07) is 9.42. The first-order chi connectivity index (χ1) is 13.6. The molecule has 0 radical (unpaired) electrons. The third-order valence-electron chi connectivity index (χ3n) is 4.74. The van der Waals surface area contributed by atoms with Crippen molar-refractivity contribution in [3.05, 3.63) is 47.5 Å². The Balaban J connectivity index is 2.42. The third kappa shape index (κ3) is 5.20. The summed E-state index contributed by atoms with van der Waals surface area (Å²) >= 11 is 0. The van der Waals surface area contributed by atoms with Crippen LogP contribution in [0.5, 0.6) is 11.5 Å². The number of amides is 1. The van der Waals surface area contributed by atoms with Crippen LogP contribution in [0.15, 0.2) is 36.4 Å². The molecule has 8 heteroatoms. The fraction of sp³-hybridized carbons (Fsp3) is 0.381. The van der Waals surface area contributed by atoms with Crippen molar-refractivity contribution in [2.24, 2.45) is 0 Å². The topological polar surface area (TPSA) is 84.9 Å². The molecule has 0 saturated heterocycles. The van der Waals surface area contributed by atoms with E-state index in [9.17, 15) is 13.2 Å². The first-order valence-corrected chi connectivity index (χ1v) is 11.1. The normalized spacial score (nSPS) is 12.2. The van der Waals surface area contributed by atoms with Gasteiger partial charge in [-0.2, -0.15) is 0 Å². The quantitative estimate of drug-likeness (QED) is 0.706. The molecule has 0 bridgehead atoms. The van der Waals surface area contributed by atoms with Crippen LogP contribution in [0.1, 0.15) is 24.5 Å². The first-order valence-electron chi connectivity index (χ1n) is 9.21. The van der Waals surface area contributed by atoms with Gasteiger partial charge in [-0.25, -0.2) is 8.42 Å². The van der Waals surface area contributed by atoms with Gasteiger partial charge in [-0.15, -0.1) is 0 Å². The van der Waals surface area contributed by atoms with Gasteiger partial charge in [0.15, 0.2) is 0 Å². The number of carbonyl (C=O) groups is 1. The van der Waals surface area contributed by atoms with E-state index >= 15 is 0 Å². The van der Waals surface area contributed by atoms with Gasteiger partial charge >= 0.3 is 0 Å². The Hall–Kier alpha value is -2.74. The highest BCUT2D eigenvalue weighted by molar-refractivity contribution is 7.92. The zero-order chi connectivity index (χ0) is 21.8. The minimum Gasteiger partial charge on any atom is -0.497 e. The van der Waals surface area contributed by atoms with Crippen LogP contribution in [0.2, 0.25) is 0 Å². The Morgan fingerprint density at radius 1 is 1.07 bits per heavy atom. The molecule has 0 aliphatic rings. The average Bonchev–Trinajstić information content (AvgIpc) is 2.67. The molecule has 0 fully saturated rings. The molecule has 7 nitrogen and oxygen atoms in total. The lowest BCUT2D eigenvalue weighted by atomic mass is 10.1. The standard InChI is InChI=1S/C21H28N2O5S/c1-7-19(21(24)22-18-11-10-17(27-4)13-20(18)28-5)23(29(6,25)26)16-9-8-14(2)15(3)12-16/h8-13,19H,7H2,1-6H3,(H,22,24)/t19-/m1/s1. The van der Waals surface area contributed by atoms with Crippen molar-refractivity contribution in [2.75, 3.05) is 30.1 Å². The molecule has 0 heterocycles. The predicted molar refractivity (Wildman–Crippen MR) is 115 cm³/mol. The molecule has 2 aromatic carbocycles. The maximum absolute atomic E-state index is 13.1. The number of hydrogen-bond acceptors (Lipinski definition) is 5. The van der Waals surface area contributed by atoms with E-state index < -0.39 is 22.0 Å². The van der Waals surface area contributed by atoms with E-state index in [1.54, 1.807) is 37.3 Å². The SMILES string of the molecule is CC[C@H](C(=O)Nc1ccc(OC)cc1OC)N(c1ccc(C)c(C)c1)S(C)(=O)=O. The molecule has 0 saturated carbocycles. The van der Waals surface area contributed by atoms with Crippen LogP contribution in [-0.4, -0.2) is 40.8 Å². The number of rotatable bonds is 8.